The molecule has 1 amide bonds. The molecule has 1 heterocycles. The Bertz CT molecular complexity index is 442. The molecule has 0 aromatic heterocycles. The monoisotopic (exact) mass is 283 g/mol. The zero-order valence-corrected chi connectivity index (χ0v) is 11.5. The number of ether oxygens (including phenoxy) is 1. The normalized spacial score (nSPS) is 22.4. The molecule has 0 bridgehead atoms. The van der Waals surface area contributed by atoms with Crippen molar-refractivity contribution < 1.29 is 9.53 Å². The van der Waals surface area contributed by atoms with Crippen molar-refractivity contribution in [3.8, 4) is 0 Å². The molecule has 2 rings (SSSR count). The Balaban J connectivity index is 1.87. The molecule has 2 atom stereocenters. The van der Waals surface area contributed by atoms with Gasteiger partial charge in [-0.25, -0.2) is 10.9 Å². The van der Waals surface area contributed by atoms with Crippen LogP contribution in [0.5, 0.6) is 0 Å². The molecule has 1 aliphatic rings. The van der Waals surface area contributed by atoms with E-state index in [1.54, 1.807) is 7.11 Å². The highest BCUT2D eigenvalue weighted by molar-refractivity contribution is 6.30. The third-order valence-corrected chi connectivity index (χ3v) is 3.31. The zero-order valence-electron chi connectivity index (χ0n) is 10.8. The average molecular weight is 284 g/mol. The number of amides is 1. The summed E-state index contributed by atoms with van der Waals surface area (Å²) in [5.41, 5.74) is 7.20. The Morgan fingerprint density at radius 2 is 2.37 bits per heavy atom. The van der Waals surface area contributed by atoms with Gasteiger partial charge in [0.2, 0.25) is 5.91 Å². The summed E-state index contributed by atoms with van der Waals surface area (Å²) in [4.78, 5) is 11.9. The fraction of sp³-hybridized carbons (Fsp3) is 0.462. The van der Waals surface area contributed by atoms with E-state index >= 15 is 0 Å². The summed E-state index contributed by atoms with van der Waals surface area (Å²) in [6.07, 6.45) is 0.694. The van der Waals surface area contributed by atoms with Crippen LogP contribution < -0.4 is 16.2 Å². The van der Waals surface area contributed by atoms with Crippen molar-refractivity contribution in [2.45, 2.75) is 18.5 Å². The van der Waals surface area contributed by atoms with Crippen molar-refractivity contribution >= 4 is 17.5 Å². The van der Waals surface area contributed by atoms with Crippen molar-refractivity contribution in [2.75, 3.05) is 20.3 Å². The van der Waals surface area contributed by atoms with Gasteiger partial charge in [0.1, 0.15) is 6.04 Å². The highest BCUT2D eigenvalue weighted by Crippen LogP contribution is 2.24. The molecule has 0 aliphatic carbocycles. The largest absolute Gasteiger partial charge is 0.383 e. The van der Waals surface area contributed by atoms with Crippen LogP contribution in [0.1, 0.15) is 18.0 Å². The summed E-state index contributed by atoms with van der Waals surface area (Å²) < 4.78 is 4.89. The van der Waals surface area contributed by atoms with Gasteiger partial charge in [-0.2, -0.15) is 0 Å². The minimum Gasteiger partial charge on any atom is -0.383 e. The van der Waals surface area contributed by atoms with E-state index in [2.05, 4.69) is 16.2 Å². The number of halogens is 1. The second kappa shape index (κ2) is 6.86. The Hall–Kier alpha value is -1.14. The van der Waals surface area contributed by atoms with Gasteiger partial charge in [-0.3, -0.25) is 4.79 Å². The first kappa shape index (κ1) is 14.3. The van der Waals surface area contributed by atoms with E-state index in [-0.39, 0.29) is 18.0 Å². The third kappa shape index (κ3) is 3.91. The molecule has 6 heteroatoms. The van der Waals surface area contributed by atoms with E-state index in [9.17, 15) is 4.79 Å². The number of rotatable bonds is 5. The summed E-state index contributed by atoms with van der Waals surface area (Å²) in [5, 5.41) is 3.52. The molecule has 19 heavy (non-hydrogen) atoms. The highest BCUT2D eigenvalue weighted by atomic mass is 35.5. The topological polar surface area (TPSA) is 62.4 Å². The molecule has 0 radical (unpaired) electrons. The predicted molar refractivity (Wildman–Crippen MR) is 73.8 cm³/mol. The lowest BCUT2D eigenvalue weighted by Crippen LogP contribution is -2.44. The van der Waals surface area contributed by atoms with Gasteiger partial charge in [-0.15, -0.1) is 0 Å². The second-order valence-corrected chi connectivity index (χ2v) is 4.90. The molecule has 1 aliphatic heterocycles. The van der Waals surface area contributed by atoms with Crippen LogP contribution in [-0.2, 0) is 9.53 Å². The molecule has 1 saturated heterocycles. The van der Waals surface area contributed by atoms with Crippen LogP contribution in [0.3, 0.4) is 0 Å². The minimum atomic E-state index is -0.235. The van der Waals surface area contributed by atoms with Gasteiger partial charge in [-0.1, -0.05) is 23.7 Å². The number of hydrazine groups is 1. The second-order valence-electron chi connectivity index (χ2n) is 4.47. The first-order valence-electron chi connectivity index (χ1n) is 6.24. The highest BCUT2D eigenvalue weighted by Gasteiger charge is 2.29. The van der Waals surface area contributed by atoms with Gasteiger partial charge in [-0.05, 0) is 24.1 Å². The number of hydrogen-bond acceptors (Lipinski definition) is 4. The van der Waals surface area contributed by atoms with Crippen molar-refractivity contribution in [3.63, 3.8) is 0 Å². The molecular weight excluding hydrogens is 266 g/mol. The van der Waals surface area contributed by atoms with Gasteiger partial charge in [0.15, 0.2) is 0 Å². The molecule has 104 valence electrons. The third-order valence-electron chi connectivity index (χ3n) is 3.08. The van der Waals surface area contributed by atoms with E-state index in [0.717, 1.165) is 5.56 Å². The molecule has 1 aromatic rings. The molecule has 0 spiro atoms. The standard InChI is InChI=1S/C13H18ClN3O2/c1-19-6-5-15-13(18)12-8-11(16-17-12)9-3-2-4-10(14)7-9/h2-4,7,11-12,16-17H,5-6,8H2,1H3,(H,15,18). The fourth-order valence-corrected chi connectivity index (χ4v) is 2.27. The lowest BCUT2D eigenvalue weighted by molar-refractivity contribution is -0.123. The van der Waals surface area contributed by atoms with Crippen LogP contribution in [0.15, 0.2) is 24.3 Å². The number of benzene rings is 1. The maximum Gasteiger partial charge on any atom is 0.238 e. The Kier molecular flexibility index (Phi) is 5.15. The van der Waals surface area contributed by atoms with E-state index < -0.39 is 0 Å². The van der Waals surface area contributed by atoms with Crippen LogP contribution in [0.4, 0.5) is 0 Å². The van der Waals surface area contributed by atoms with Crippen molar-refractivity contribution in [1.82, 2.24) is 16.2 Å². The molecule has 2 unspecified atom stereocenters. The van der Waals surface area contributed by atoms with Crippen LogP contribution in [0, 0.1) is 0 Å². The smallest absolute Gasteiger partial charge is 0.238 e. The Labute approximate surface area is 117 Å². The summed E-state index contributed by atoms with van der Waals surface area (Å²) >= 11 is 5.97. The predicted octanol–water partition coefficient (Wildman–Crippen LogP) is 1.01. The van der Waals surface area contributed by atoms with E-state index in [0.29, 0.717) is 24.6 Å². The molecule has 1 aromatic carbocycles. The van der Waals surface area contributed by atoms with Crippen LogP contribution in [0.25, 0.3) is 0 Å². The van der Waals surface area contributed by atoms with Gasteiger partial charge < -0.3 is 10.1 Å². The molecular formula is C13H18ClN3O2. The van der Waals surface area contributed by atoms with E-state index in [1.165, 1.54) is 0 Å². The van der Waals surface area contributed by atoms with Crippen LogP contribution >= 0.6 is 11.6 Å². The van der Waals surface area contributed by atoms with E-state index in [4.69, 9.17) is 16.3 Å². The Morgan fingerprint density at radius 3 is 3.11 bits per heavy atom. The number of carbonyl (C=O) groups excluding carboxylic acids is 1. The number of hydrogen-bond donors (Lipinski definition) is 3. The molecule has 0 saturated carbocycles. The average Bonchev–Trinajstić information content (AvgIpc) is 2.88. The number of nitrogens with one attached hydrogen (secondary N) is 3. The quantitative estimate of drug-likeness (QED) is 0.706. The Morgan fingerprint density at radius 1 is 1.53 bits per heavy atom. The summed E-state index contributed by atoms with van der Waals surface area (Å²) in [5.74, 6) is -0.0194. The van der Waals surface area contributed by atoms with Gasteiger partial charge in [0.25, 0.3) is 0 Å². The lowest BCUT2D eigenvalue weighted by atomic mass is 10.0. The summed E-state index contributed by atoms with van der Waals surface area (Å²) in [7, 11) is 1.61. The molecule has 3 N–H and O–H groups in total. The number of methoxy groups -OCH3 is 1. The van der Waals surface area contributed by atoms with Crippen LogP contribution in [-0.4, -0.2) is 32.2 Å². The molecule has 5 nitrogen and oxygen atoms in total. The minimum absolute atomic E-state index is 0.0194. The lowest BCUT2D eigenvalue weighted by Gasteiger charge is -2.10. The fourth-order valence-electron chi connectivity index (χ4n) is 2.07. The van der Waals surface area contributed by atoms with Crippen molar-refractivity contribution in [3.05, 3.63) is 34.9 Å². The van der Waals surface area contributed by atoms with Gasteiger partial charge >= 0.3 is 0 Å². The SMILES string of the molecule is COCCNC(=O)C1CC(c2cccc(Cl)c2)NN1. The maximum atomic E-state index is 11.9. The van der Waals surface area contributed by atoms with E-state index in [1.807, 2.05) is 24.3 Å². The zero-order chi connectivity index (χ0) is 13.7. The number of carbonyl (C=O) groups is 1. The summed E-state index contributed by atoms with van der Waals surface area (Å²) in [6, 6.07) is 7.51. The van der Waals surface area contributed by atoms with Crippen molar-refractivity contribution in [2.24, 2.45) is 0 Å². The van der Waals surface area contributed by atoms with Crippen molar-refractivity contribution in [1.29, 1.82) is 0 Å². The van der Waals surface area contributed by atoms with Crippen LogP contribution in [0.2, 0.25) is 5.02 Å². The first-order chi connectivity index (χ1) is 9.20. The summed E-state index contributed by atoms with van der Waals surface area (Å²) in [6.45, 7) is 1.04. The first-order valence-corrected chi connectivity index (χ1v) is 6.61. The maximum absolute atomic E-state index is 11.9. The van der Waals surface area contributed by atoms with Gasteiger partial charge in [0.05, 0.1) is 6.61 Å². The van der Waals surface area contributed by atoms with Gasteiger partial charge in [0, 0.05) is 24.7 Å². The molecule has 1 fully saturated rings.